The van der Waals surface area contributed by atoms with Gasteiger partial charge in [-0.05, 0) is 44.6 Å². The quantitative estimate of drug-likeness (QED) is 0.776. The molecule has 3 heteroatoms. The monoisotopic (exact) mass is 268 g/mol. The molecule has 0 aromatic heterocycles. The van der Waals surface area contributed by atoms with Crippen molar-refractivity contribution in [1.82, 2.24) is 10.2 Å². The number of hydrogen-bond donors (Lipinski definition) is 2. The molecule has 0 aromatic carbocycles. The summed E-state index contributed by atoms with van der Waals surface area (Å²) < 4.78 is 0. The Morgan fingerprint density at radius 3 is 2.53 bits per heavy atom. The molecule has 0 aromatic rings. The Bertz CT molecular complexity index is 251. The van der Waals surface area contributed by atoms with Gasteiger partial charge in [-0.25, -0.2) is 0 Å². The van der Waals surface area contributed by atoms with Crippen molar-refractivity contribution in [3.8, 4) is 0 Å². The number of rotatable bonds is 6. The van der Waals surface area contributed by atoms with E-state index in [-0.39, 0.29) is 6.10 Å². The van der Waals surface area contributed by atoms with Crippen LogP contribution in [0.3, 0.4) is 0 Å². The Balaban J connectivity index is 1.83. The fourth-order valence-electron chi connectivity index (χ4n) is 3.83. The molecule has 112 valence electrons. The van der Waals surface area contributed by atoms with Gasteiger partial charge in [-0.1, -0.05) is 26.7 Å². The van der Waals surface area contributed by atoms with E-state index >= 15 is 0 Å². The van der Waals surface area contributed by atoms with Crippen LogP contribution < -0.4 is 5.32 Å². The molecule has 1 aliphatic carbocycles. The molecular weight excluding hydrogens is 236 g/mol. The molecule has 2 fully saturated rings. The average molecular weight is 268 g/mol. The molecule has 0 spiro atoms. The van der Waals surface area contributed by atoms with Crippen LogP contribution in [0.1, 0.15) is 58.8 Å². The topological polar surface area (TPSA) is 35.5 Å². The van der Waals surface area contributed by atoms with Crippen molar-refractivity contribution in [3.63, 3.8) is 0 Å². The first-order valence-corrected chi connectivity index (χ1v) is 8.37. The lowest BCUT2D eigenvalue weighted by molar-refractivity contribution is 0.0838. The van der Waals surface area contributed by atoms with Crippen LogP contribution in [-0.2, 0) is 0 Å². The van der Waals surface area contributed by atoms with E-state index < -0.39 is 0 Å². The maximum atomic E-state index is 9.90. The minimum Gasteiger partial charge on any atom is -0.393 e. The van der Waals surface area contributed by atoms with E-state index in [9.17, 15) is 5.11 Å². The van der Waals surface area contributed by atoms with Gasteiger partial charge in [-0.15, -0.1) is 0 Å². The number of nitrogens with one attached hydrogen (secondary N) is 1. The number of piperidine rings is 1. The Morgan fingerprint density at radius 2 is 1.89 bits per heavy atom. The van der Waals surface area contributed by atoms with Crippen molar-refractivity contribution in [2.45, 2.75) is 77.0 Å². The van der Waals surface area contributed by atoms with Crippen LogP contribution in [-0.4, -0.2) is 47.8 Å². The standard InChI is InChI=1S/C16H32N2O/c1-3-16(19)10-13-9-15(12-18(4-2)11-13)17-14-7-5-6-8-14/h13-17,19H,3-12H2,1-2H3. The third kappa shape index (κ3) is 4.73. The van der Waals surface area contributed by atoms with Gasteiger partial charge >= 0.3 is 0 Å². The summed E-state index contributed by atoms with van der Waals surface area (Å²) in [6.45, 7) is 7.86. The number of likely N-dealkylation sites (N-methyl/N-ethyl adjacent to an activating group) is 1. The number of hydrogen-bond acceptors (Lipinski definition) is 3. The molecule has 1 saturated carbocycles. The number of nitrogens with zero attached hydrogens (tertiary/aromatic N) is 1. The SMILES string of the molecule is CCC(O)CC1CC(NC2CCCC2)CN(CC)C1. The Labute approximate surface area is 118 Å². The summed E-state index contributed by atoms with van der Waals surface area (Å²) in [5.41, 5.74) is 0. The Morgan fingerprint density at radius 1 is 1.16 bits per heavy atom. The molecule has 1 aliphatic heterocycles. The molecule has 0 amide bonds. The number of likely N-dealkylation sites (tertiary alicyclic amines) is 1. The minimum atomic E-state index is -0.103. The van der Waals surface area contributed by atoms with Gasteiger partial charge in [0.1, 0.15) is 0 Å². The molecule has 2 N–H and O–H groups in total. The van der Waals surface area contributed by atoms with Gasteiger partial charge < -0.3 is 15.3 Å². The van der Waals surface area contributed by atoms with E-state index in [0.29, 0.717) is 12.0 Å². The van der Waals surface area contributed by atoms with E-state index in [2.05, 4.69) is 24.1 Å². The number of aliphatic hydroxyl groups excluding tert-OH is 1. The van der Waals surface area contributed by atoms with E-state index in [4.69, 9.17) is 0 Å². The first-order chi connectivity index (χ1) is 9.21. The van der Waals surface area contributed by atoms with Gasteiger partial charge in [0.15, 0.2) is 0 Å². The predicted octanol–water partition coefficient (Wildman–Crippen LogP) is 2.39. The second-order valence-electron chi connectivity index (χ2n) is 6.60. The summed E-state index contributed by atoms with van der Waals surface area (Å²) in [6.07, 6.45) is 8.56. The molecule has 0 bridgehead atoms. The highest BCUT2D eigenvalue weighted by Gasteiger charge is 2.29. The molecule has 3 nitrogen and oxygen atoms in total. The van der Waals surface area contributed by atoms with Gasteiger partial charge in [0.05, 0.1) is 6.10 Å². The van der Waals surface area contributed by atoms with Crippen LogP contribution in [0, 0.1) is 5.92 Å². The zero-order chi connectivity index (χ0) is 13.7. The lowest BCUT2D eigenvalue weighted by Crippen LogP contribution is -2.51. The van der Waals surface area contributed by atoms with Crippen LogP contribution >= 0.6 is 0 Å². The number of aliphatic hydroxyl groups is 1. The Hall–Kier alpha value is -0.120. The zero-order valence-corrected chi connectivity index (χ0v) is 12.8. The third-order valence-electron chi connectivity index (χ3n) is 4.96. The van der Waals surface area contributed by atoms with Gasteiger partial charge in [-0.3, -0.25) is 0 Å². The maximum Gasteiger partial charge on any atom is 0.0540 e. The van der Waals surface area contributed by atoms with E-state index in [0.717, 1.165) is 25.4 Å². The summed E-state index contributed by atoms with van der Waals surface area (Å²) >= 11 is 0. The first-order valence-electron chi connectivity index (χ1n) is 8.37. The summed E-state index contributed by atoms with van der Waals surface area (Å²) in [6, 6.07) is 1.41. The largest absolute Gasteiger partial charge is 0.393 e. The second kappa shape index (κ2) is 7.61. The minimum absolute atomic E-state index is 0.103. The van der Waals surface area contributed by atoms with Gasteiger partial charge in [0.2, 0.25) is 0 Å². The first kappa shape index (κ1) is 15.3. The van der Waals surface area contributed by atoms with Crippen molar-refractivity contribution in [3.05, 3.63) is 0 Å². The predicted molar refractivity (Wildman–Crippen MR) is 80.3 cm³/mol. The fraction of sp³-hybridized carbons (Fsp3) is 1.00. The summed E-state index contributed by atoms with van der Waals surface area (Å²) in [4.78, 5) is 2.56. The summed E-state index contributed by atoms with van der Waals surface area (Å²) in [7, 11) is 0. The zero-order valence-electron chi connectivity index (χ0n) is 12.8. The highest BCUT2D eigenvalue weighted by molar-refractivity contribution is 4.87. The highest BCUT2D eigenvalue weighted by atomic mass is 16.3. The molecular formula is C16H32N2O. The molecule has 19 heavy (non-hydrogen) atoms. The summed E-state index contributed by atoms with van der Waals surface area (Å²) in [5.74, 6) is 0.669. The summed E-state index contributed by atoms with van der Waals surface area (Å²) in [5, 5.41) is 13.8. The molecule has 2 aliphatic rings. The van der Waals surface area contributed by atoms with Crippen LogP contribution in [0.15, 0.2) is 0 Å². The molecule has 0 radical (unpaired) electrons. The van der Waals surface area contributed by atoms with E-state index in [1.165, 1.54) is 45.2 Å². The van der Waals surface area contributed by atoms with E-state index in [1.807, 2.05) is 0 Å². The highest BCUT2D eigenvalue weighted by Crippen LogP contribution is 2.25. The molecule has 1 heterocycles. The van der Waals surface area contributed by atoms with Gasteiger partial charge in [0.25, 0.3) is 0 Å². The van der Waals surface area contributed by atoms with Crippen LogP contribution in [0.25, 0.3) is 0 Å². The van der Waals surface area contributed by atoms with Gasteiger partial charge in [0, 0.05) is 25.2 Å². The second-order valence-corrected chi connectivity index (χ2v) is 6.60. The average Bonchev–Trinajstić information content (AvgIpc) is 2.91. The molecule has 3 unspecified atom stereocenters. The van der Waals surface area contributed by atoms with Gasteiger partial charge in [-0.2, -0.15) is 0 Å². The van der Waals surface area contributed by atoms with Crippen LogP contribution in [0.4, 0.5) is 0 Å². The molecule has 1 saturated heterocycles. The molecule has 3 atom stereocenters. The van der Waals surface area contributed by atoms with Crippen LogP contribution in [0.2, 0.25) is 0 Å². The van der Waals surface area contributed by atoms with Crippen LogP contribution in [0.5, 0.6) is 0 Å². The van der Waals surface area contributed by atoms with E-state index in [1.54, 1.807) is 0 Å². The third-order valence-corrected chi connectivity index (χ3v) is 4.96. The smallest absolute Gasteiger partial charge is 0.0540 e. The molecule has 2 rings (SSSR count). The normalized spacial score (nSPS) is 31.7. The lowest BCUT2D eigenvalue weighted by Gasteiger charge is -2.39. The van der Waals surface area contributed by atoms with Crippen molar-refractivity contribution in [2.75, 3.05) is 19.6 Å². The lowest BCUT2D eigenvalue weighted by atomic mass is 9.88. The fourth-order valence-corrected chi connectivity index (χ4v) is 3.83. The van der Waals surface area contributed by atoms with Crippen molar-refractivity contribution in [2.24, 2.45) is 5.92 Å². The maximum absolute atomic E-state index is 9.90. The van der Waals surface area contributed by atoms with Crippen molar-refractivity contribution < 1.29 is 5.11 Å². The Kier molecular flexibility index (Phi) is 6.11. The van der Waals surface area contributed by atoms with Crippen molar-refractivity contribution in [1.29, 1.82) is 0 Å². The van der Waals surface area contributed by atoms with Crippen molar-refractivity contribution >= 4 is 0 Å².